The van der Waals surface area contributed by atoms with Gasteiger partial charge in [0.15, 0.2) is 5.78 Å². The first-order chi connectivity index (χ1) is 8.54. The van der Waals surface area contributed by atoms with Gasteiger partial charge in [0.05, 0.1) is 17.1 Å². The van der Waals surface area contributed by atoms with Crippen LogP contribution in [-0.2, 0) is 0 Å². The van der Waals surface area contributed by atoms with Crippen molar-refractivity contribution in [1.29, 1.82) is 5.26 Å². The molecule has 3 N–H and O–H groups in total. The van der Waals surface area contributed by atoms with Crippen LogP contribution >= 0.6 is 11.3 Å². The lowest BCUT2D eigenvalue weighted by molar-refractivity contribution is 0.0972. The zero-order chi connectivity index (χ0) is 13.3. The SMILES string of the molecule is N#Cc1c(NCC(F)F)sc(C(=O)C2CC2)c1N. The van der Waals surface area contributed by atoms with Crippen LogP contribution in [0, 0.1) is 17.2 Å². The first kappa shape index (κ1) is 12.8. The highest BCUT2D eigenvalue weighted by Crippen LogP contribution is 2.41. The Kier molecular flexibility index (Phi) is 3.48. The minimum atomic E-state index is -2.53. The fourth-order valence-electron chi connectivity index (χ4n) is 1.56. The molecule has 2 rings (SSSR count). The lowest BCUT2D eigenvalue weighted by Gasteiger charge is -2.02. The number of thiophene rings is 1. The number of nitrogens with two attached hydrogens (primary N) is 1. The molecule has 0 aromatic carbocycles. The number of rotatable bonds is 5. The number of carbonyl (C=O) groups excluding carboxylic acids is 1. The van der Waals surface area contributed by atoms with Crippen molar-refractivity contribution in [3.63, 3.8) is 0 Å². The van der Waals surface area contributed by atoms with Gasteiger partial charge in [0.25, 0.3) is 6.43 Å². The summed E-state index contributed by atoms with van der Waals surface area (Å²) in [5, 5.41) is 11.7. The van der Waals surface area contributed by atoms with Gasteiger partial charge in [0.2, 0.25) is 0 Å². The van der Waals surface area contributed by atoms with Crippen LogP contribution in [0.3, 0.4) is 0 Å². The summed E-state index contributed by atoms with van der Waals surface area (Å²) >= 11 is 0.988. The fraction of sp³-hybridized carbons (Fsp3) is 0.455. The van der Waals surface area contributed by atoms with E-state index in [9.17, 15) is 13.6 Å². The number of halogens is 2. The van der Waals surface area contributed by atoms with Gasteiger partial charge >= 0.3 is 0 Å². The molecular weight excluding hydrogens is 260 g/mol. The normalized spacial score (nSPS) is 14.6. The molecule has 1 aliphatic carbocycles. The smallest absolute Gasteiger partial charge is 0.255 e. The zero-order valence-electron chi connectivity index (χ0n) is 9.37. The van der Waals surface area contributed by atoms with Crippen LogP contribution in [0.4, 0.5) is 19.5 Å². The number of hydrogen-bond donors (Lipinski definition) is 2. The molecule has 7 heteroatoms. The highest BCUT2D eigenvalue weighted by molar-refractivity contribution is 7.19. The minimum Gasteiger partial charge on any atom is -0.396 e. The van der Waals surface area contributed by atoms with E-state index in [0.717, 1.165) is 24.2 Å². The van der Waals surface area contributed by atoms with Gasteiger partial charge in [0.1, 0.15) is 16.6 Å². The van der Waals surface area contributed by atoms with E-state index >= 15 is 0 Å². The highest BCUT2D eigenvalue weighted by atomic mass is 32.1. The lowest BCUT2D eigenvalue weighted by Crippen LogP contribution is -2.09. The number of anilines is 2. The maximum Gasteiger partial charge on any atom is 0.255 e. The van der Waals surface area contributed by atoms with Crippen LogP contribution in [0.15, 0.2) is 0 Å². The van der Waals surface area contributed by atoms with Crippen LogP contribution < -0.4 is 11.1 Å². The van der Waals surface area contributed by atoms with E-state index in [2.05, 4.69) is 5.32 Å². The summed E-state index contributed by atoms with van der Waals surface area (Å²) in [4.78, 5) is 12.2. The molecule has 4 nitrogen and oxygen atoms in total. The average Bonchev–Trinajstić information content (AvgIpc) is 3.11. The second-order valence-electron chi connectivity index (χ2n) is 4.07. The number of Topliss-reactive ketones (excluding diaryl/α,β-unsaturated/α-hetero) is 1. The van der Waals surface area contributed by atoms with Crippen molar-refractivity contribution < 1.29 is 13.6 Å². The van der Waals surface area contributed by atoms with Gasteiger partial charge in [-0.3, -0.25) is 4.79 Å². The van der Waals surface area contributed by atoms with E-state index in [4.69, 9.17) is 11.0 Å². The lowest BCUT2D eigenvalue weighted by atomic mass is 10.1. The summed E-state index contributed by atoms with van der Waals surface area (Å²) in [6, 6.07) is 1.85. The van der Waals surface area contributed by atoms with Crippen LogP contribution in [0.2, 0.25) is 0 Å². The van der Waals surface area contributed by atoms with Crippen molar-refractivity contribution in [2.75, 3.05) is 17.6 Å². The molecule has 0 radical (unpaired) electrons. The monoisotopic (exact) mass is 271 g/mol. The minimum absolute atomic E-state index is 0.0135. The van der Waals surface area contributed by atoms with Crippen molar-refractivity contribution in [2.45, 2.75) is 19.3 Å². The van der Waals surface area contributed by atoms with Gasteiger partial charge in [-0.05, 0) is 12.8 Å². The molecule has 0 aliphatic heterocycles. The van der Waals surface area contributed by atoms with Gasteiger partial charge < -0.3 is 11.1 Å². The van der Waals surface area contributed by atoms with E-state index in [0.29, 0.717) is 4.88 Å². The van der Waals surface area contributed by atoms with Gasteiger partial charge in [-0.25, -0.2) is 8.78 Å². The Morgan fingerprint density at radius 1 is 1.61 bits per heavy atom. The maximum absolute atomic E-state index is 12.1. The molecule has 1 saturated carbocycles. The summed E-state index contributed by atoms with van der Waals surface area (Å²) in [5.74, 6) is -0.0976. The van der Waals surface area contributed by atoms with E-state index < -0.39 is 13.0 Å². The molecular formula is C11H11F2N3OS. The van der Waals surface area contributed by atoms with Crippen molar-refractivity contribution in [2.24, 2.45) is 5.92 Å². The highest BCUT2D eigenvalue weighted by Gasteiger charge is 2.34. The molecule has 0 spiro atoms. The Morgan fingerprint density at radius 2 is 2.28 bits per heavy atom. The van der Waals surface area contributed by atoms with Crippen molar-refractivity contribution in [3.05, 3.63) is 10.4 Å². The summed E-state index contributed by atoms with van der Waals surface area (Å²) in [6.45, 7) is -0.564. The Hall–Kier alpha value is -1.68. The summed E-state index contributed by atoms with van der Waals surface area (Å²) in [5.41, 5.74) is 5.92. The number of carbonyl (C=O) groups is 1. The third-order valence-electron chi connectivity index (χ3n) is 2.65. The van der Waals surface area contributed by atoms with Gasteiger partial charge in [0, 0.05) is 5.92 Å². The van der Waals surface area contributed by atoms with Gasteiger partial charge in [-0.2, -0.15) is 5.26 Å². The molecule has 1 fully saturated rings. The molecule has 0 saturated heterocycles. The molecule has 0 amide bonds. The van der Waals surface area contributed by atoms with Crippen LogP contribution in [0.5, 0.6) is 0 Å². The Morgan fingerprint density at radius 3 is 2.78 bits per heavy atom. The number of nitrogen functional groups attached to an aromatic ring is 1. The summed E-state index contributed by atoms with van der Waals surface area (Å²) < 4.78 is 24.2. The zero-order valence-corrected chi connectivity index (χ0v) is 10.2. The molecule has 1 aliphatic rings. The van der Waals surface area contributed by atoms with Crippen LogP contribution in [-0.4, -0.2) is 18.8 Å². The topological polar surface area (TPSA) is 78.9 Å². The van der Waals surface area contributed by atoms with Crippen LogP contribution in [0.25, 0.3) is 0 Å². The van der Waals surface area contributed by atoms with Gasteiger partial charge in [-0.1, -0.05) is 0 Å². The number of nitriles is 1. The average molecular weight is 271 g/mol. The van der Waals surface area contributed by atoms with Crippen molar-refractivity contribution >= 4 is 27.8 Å². The molecule has 96 valence electrons. The predicted octanol–water partition coefficient (Wildman–Crippen LogP) is 2.47. The maximum atomic E-state index is 12.1. The number of hydrogen-bond acceptors (Lipinski definition) is 5. The number of ketones is 1. The molecule has 1 aromatic heterocycles. The number of nitrogens with one attached hydrogen (secondary N) is 1. The Balaban J connectivity index is 2.27. The van der Waals surface area contributed by atoms with Crippen molar-refractivity contribution in [1.82, 2.24) is 0 Å². The molecule has 1 heterocycles. The largest absolute Gasteiger partial charge is 0.396 e. The third kappa shape index (κ3) is 2.43. The molecule has 0 atom stereocenters. The Bertz CT molecular complexity index is 517. The van der Waals surface area contributed by atoms with Crippen LogP contribution in [0.1, 0.15) is 28.1 Å². The fourth-order valence-corrected chi connectivity index (χ4v) is 2.66. The number of alkyl halides is 2. The second kappa shape index (κ2) is 4.90. The molecule has 1 aromatic rings. The first-order valence-corrected chi connectivity index (χ1v) is 6.24. The van der Waals surface area contributed by atoms with E-state index in [1.54, 1.807) is 0 Å². The molecule has 18 heavy (non-hydrogen) atoms. The van der Waals surface area contributed by atoms with Gasteiger partial charge in [-0.15, -0.1) is 11.3 Å². The number of nitrogens with zero attached hydrogens (tertiary/aromatic N) is 1. The summed E-state index contributed by atoms with van der Waals surface area (Å²) in [6.07, 6.45) is -0.863. The quantitative estimate of drug-likeness (QED) is 0.806. The summed E-state index contributed by atoms with van der Waals surface area (Å²) in [7, 11) is 0. The van der Waals surface area contributed by atoms with E-state index in [1.807, 2.05) is 6.07 Å². The first-order valence-electron chi connectivity index (χ1n) is 5.43. The Labute approximate surface area is 106 Å². The van der Waals surface area contributed by atoms with E-state index in [1.165, 1.54) is 0 Å². The predicted molar refractivity (Wildman–Crippen MR) is 65.0 cm³/mol. The third-order valence-corrected chi connectivity index (χ3v) is 3.82. The van der Waals surface area contributed by atoms with Crippen molar-refractivity contribution in [3.8, 4) is 6.07 Å². The molecule has 0 bridgehead atoms. The van der Waals surface area contributed by atoms with E-state index in [-0.39, 0.29) is 28.0 Å². The standard InChI is InChI=1S/C11H11F2N3OS/c12-7(13)4-16-11-6(3-14)8(15)10(18-11)9(17)5-1-2-5/h5,7,16H,1-2,4,15H2. The second-order valence-corrected chi connectivity index (χ2v) is 5.09. The molecule has 0 unspecified atom stereocenters.